The van der Waals surface area contributed by atoms with Crippen molar-refractivity contribution in [3.8, 4) is 5.75 Å². The summed E-state index contributed by atoms with van der Waals surface area (Å²) < 4.78 is 34.2. The first kappa shape index (κ1) is 19.9. The molecule has 0 aromatic heterocycles. The molecule has 146 valence electrons. The summed E-state index contributed by atoms with van der Waals surface area (Å²) in [6.45, 7) is -0.190. The van der Waals surface area contributed by atoms with Crippen LogP contribution in [0, 0.1) is 0 Å². The lowest BCUT2D eigenvalue weighted by molar-refractivity contribution is -0.122. The number of amides is 1. The van der Waals surface area contributed by atoms with E-state index in [9.17, 15) is 13.2 Å². The number of carbonyl (C=O) groups is 1. The number of benzene rings is 3. The van der Waals surface area contributed by atoms with Crippen molar-refractivity contribution in [1.82, 2.24) is 5.32 Å². The van der Waals surface area contributed by atoms with E-state index in [0.717, 1.165) is 22.1 Å². The van der Waals surface area contributed by atoms with Gasteiger partial charge in [-0.1, -0.05) is 42.5 Å². The Kier molecular flexibility index (Phi) is 6.28. The molecule has 7 heteroatoms. The van der Waals surface area contributed by atoms with E-state index in [4.69, 9.17) is 8.92 Å². The molecule has 1 amide bonds. The van der Waals surface area contributed by atoms with Gasteiger partial charge in [0.1, 0.15) is 12.4 Å². The molecule has 28 heavy (non-hydrogen) atoms. The molecule has 1 N–H and O–H groups in total. The highest BCUT2D eigenvalue weighted by Gasteiger charge is 2.16. The first-order valence-corrected chi connectivity index (χ1v) is 10.2. The molecule has 0 unspecified atom stereocenters. The van der Waals surface area contributed by atoms with Gasteiger partial charge in [0.05, 0.1) is 12.0 Å². The van der Waals surface area contributed by atoms with E-state index in [1.165, 1.54) is 12.1 Å². The quantitative estimate of drug-likeness (QED) is 0.589. The van der Waals surface area contributed by atoms with E-state index in [1.807, 2.05) is 36.4 Å². The van der Waals surface area contributed by atoms with Crippen molar-refractivity contribution in [2.75, 3.05) is 20.3 Å². The van der Waals surface area contributed by atoms with Crippen LogP contribution >= 0.6 is 0 Å². The van der Waals surface area contributed by atoms with Crippen LogP contribution in [0.2, 0.25) is 0 Å². The van der Waals surface area contributed by atoms with Gasteiger partial charge in [-0.3, -0.25) is 8.98 Å². The highest BCUT2D eigenvalue weighted by Crippen LogP contribution is 2.24. The van der Waals surface area contributed by atoms with Crippen LogP contribution < -0.4 is 10.1 Å². The summed E-state index contributed by atoms with van der Waals surface area (Å²) in [6.07, 6.45) is 0.599. The lowest BCUT2D eigenvalue weighted by Gasteiger charge is -2.10. The monoisotopic (exact) mass is 399 g/mol. The Morgan fingerprint density at radius 3 is 2.54 bits per heavy atom. The molecule has 0 radical (unpaired) electrons. The second kappa shape index (κ2) is 8.86. The van der Waals surface area contributed by atoms with E-state index < -0.39 is 22.6 Å². The molecule has 0 saturated heterocycles. The first-order valence-electron chi connectivity index (χ1n) is 8.76. The Morgan fingerprint density at radius 2 is 1.79 bits per heavy atom. The maximum Gasteiger partial charge on any atom is 0.297 e. The van der Waals surface area contributed by atoms with Crippen LogP contribution in [0.15, 0.2) is 71.6 Å². The van der Waals surface area contributed by atoms with Crippen LogP contribution in [0.4, 0.5) is 0 Å². The zero-order valence-corrected chi connectivity index (χ0v) is 16.2. The van der Waals surface area contributed by atoms with E-state index >= 15 is 0 Å². The van der Waals surface area contributed by atoms with Gasteiger partial charge in [0.15, 0.2) is 0 Å². The van der Waals surface area contributed by atoms with Gasteiger partial charge in [0.2, 0.25) is 5.91 Å². The summed E-state index contributed by atoms with van der Waals surface area (Å²) in [5, 5.41) is 4.83. The second-order valence-corrected chi connectivity index (χ2v) is 7.75. The average molecular weight is 399 g/mol. The molecule has 3 aromatic rings. The van der Waals surface area contributed by atoms with Crippen molar-refractivity contribution in [2.24, 2.45) is 0 Å². The summed E-state index contributed by atoms with van der Waals surface area (Å²) in [4.78, 5) is 12.0. The van der Waals surface area contributed by atoms with E-state index in [2.05, 4.69) is 5.32 Å². The fourth-order valence-corrected chi connectivity index (χ4v) is 3.72. The van der Waals surface area contributed by atoms with Crippen molar-refractivity contribution in [3.05, 3.63) is 72.3 Å². The van der Waals surface area contributed by atoms with Gasteiger partial charge >= 0.3 is 0 Å². The zero-order valence-electron chi connectivity index (χ0n) is 15.4. The number of fused-ring (bicyclic) bond motifs is 1. The van der Waals surface area contributed by atoms with Crippen LogP contribution in [-0.2, 0) is 25.5 Å². The van der Waals surface area contributed by atoms with Gasteiger partial charge in [0, 0.05) is 6.54 Å². The number of carbonyl (C=O) groups excluding carboxylic acids is 1. The minimum atomic E-state index is -3.94. The fraction of sp³-hybridized carbons (Fsp3) is 0.190. The molecule has 0 saturated carbocycles. The summed E-state index contributed by atoms with van der Waals surface area (Å²) in [5.41, 5.74) is 1.06. The largest absolute Gasteiger partial charge is 0.497 e. The lowest BCUT2D eigenvalue weighted by Crippen LogP contribution is -2.30. The normalized spacial score (nSPS) is 11.3. The highest BCUT2D eigenvalue weighted by atomic mass is 32.2. The standard InChI is InChI=1S/C21H21NO5S/c1-26-18-11-10-16-6-5-7-17(20(16)14-18)12-13-22-21(23)15-27-28(24,25)19-8-3-2-4-9-19/h2-11,14H,12-13,15H2,1H3,(H,22,23). The van der Waals surface area contributed by atoms with E-state index in [-0.39, 0.29) is 4.90 Å². The number of methoxy groups -OCH3 is 1. The zero-order chi connectivity index (χ0) is 20.0. The van der Waals surface area contributed by atoms with Gasteiger partial charge in [-0.25, -0.2) is 0 Å². The van der Waals surface area contributed by atoms with Crippen molar-refractivity contribution in [2.45, 2.75) is 11.3 Å². The molecular weight excluding hydrogens is 378 g/mol. The third-order valence-corrected chi connectivity index (χ3v) is 5.55. The van der Waals surface area contributed by atoms with Crippen molar-refractivity contribution < 1.29 is 22.1 Å². The maximum atomic E-state index is 12.0. The summed E-state index contributed by atoms with van der Waals surface area (Å²) in [7, 11) is -2.33. The molecule has 6 nitrogen and oxygen atoms in total. The van der Waals surface area contributed by atoms with Gasteiger partial charge < -0.3 is 10.1 Å². The average Bonchev–Trinajstić information content (AvgIpc) is 2.73. The van der Waals surface area contributed by atoms with Crippen LogP contribution in [0.25, 0.3) is 10.8 Å². The van der Waals surface area contributed by atoms with Crippen molar-refractivity contribution >= 4 is 26.8 Å². The van der Waals surface area contributed by atoms with E-state index in [0.29, 0.717) is 13.0 Å². The molecular formula is C21H21NO5S. The van der Waals surface area contributed by atoms with Crippen molar-refractivity contribution in [3.63, 3.8) is 0 Å². The van der Waals surface area contributed by atoms with Gasteiger partial charge in [-0.05, 0) is 47.0 Å². The molecule has 3 aromatic carbocycles. The molecule has 0 aliphatic heterocycles. The first-order chi connectivity index (χ1) is 13.5. The maximum absolute atomic E-state index is 12.0. The van der Waals surface area contributed by atoms with Gasteiger partial charge in [0.25, 0.3) is 10.1 Å². The highest BCUT2D eigenvalue weighted by molar-refractivity contribution is 7.86. The fourth-order valence-electron chi connectivity index (χ4n) is 2.84. The Balaban J connectivity index is 1.55. The van der Waals surface area contributed by atoms with Crippen LogP contribution in [0.5, 0.6) is 5.75 Å². The Labute approximate surface area is 164 Å². The molecule has 0 aliphatic rings. The minimum absolute atomic E-state index is 0.0208. The summed E-state index contributed by atoms with van der Waals surface area (Å²) in [6, 6.07) is 19.5. The van der Waals surface area contributed by atoms with E-state index in [1.54, 1.807) is 25.3 Å². The number of hydrogen-bond acceptors (Lipinski definition) is 5. The second-order valence-electron chi connectivity index (χ2n) is 6.13. The molecule has 0 heterocycles. The third-order valence-electron chi connectivity index (χ3n) is 4.27. The topological polar surface area (TPSA) is 81.7 Å². The number of nitrogens with one attached hydrogen (secondary N) is 1. The van der Waals surface area contributed by atoms with Gasteiger partial charge in [-0.15, -0.1) is 0 Å². The number of hydrogen-bond donors (Lipinski definition) is 1. The molecule has 0 bridgehead atoms. The Hall–Kier alpha value is -2.90. The summed E-state index contributed by atoms with van der Waals surface area (Å²) in [5.74, 6) is 0.279. The van der Waals surface area contributed by atoms with Crippen LogP contribution in [0.3, 0.4) is 0 Å². The molecule has 0 fully saturated rings. The number of ether oxygens (including phenoxy) is 1. The third kappa shape index (κ3) is 4.88. The molecule has 3 rings (SSSR count). The lowest BCUT2D eigenvalue weighted by atomic mass is 10.0. The smallest absolute Gasteiger partial charge is 0.297 e. The predicted molar refractivity (Wildman–Crippen MR) is 107 cm³/mol. The Morgan fingerprint density at radius 1 is 1.00 bits per heavy atom. The Bertz CT molecular complexity index is 1060. The predicted octanol–water partition coefficient (Wildman–Crippen LogP) is 2.91. The van der Waals surface area contributed by atoms with Crippen LogP contribution in [0.1, 0.15) is 5.56 Å². The van der Waals surface area contributed by atoms with Crippen molar-refractivity contribution in [1.29, 1.82) is 0 Å². The summed E-state index contributed by atoms with van der Waals surface area (Å²) >= 11 is 0. The molecule has 0 atom stereocenters. The SMILES string of the molecule is COc1ccc2cccc(CCNC(=O)COS(=O)(=O)c3ccccc3)c2c1. The van der Waals surface area contributed by atoms with Crippen LogP contribution in [-0.4, -0.2) is 34.6 Å². The molecule has 0 aliphatic carbocycles. The molecule has 0 spiro atoms. The number of rotatable bonds is 8. The van der Waals surface area contributed by atoms with Gasteiger partial charge in [-0.2, -0.15) is 8.42 Å². The minimum Gasteiger partial charge on any atom is -0.497 e.